The normalized spacial score (nSPS) is 10.1. The third-order valence-corrected chi connectivity index (χ3v) is 2.64. The molecule has 104 valence electrons. The van der Waals surface area contributed by atoms with Gasteiger partial charge in [-0.15, -0.1) is 0 Å². The van der Waals surface area contributed by atoms with Crippen LogP contribution in [0.25, 0.3) is 0 Å². The van der Waals surface area contributed by atoms with Crippen molar-refractivity contribution in [2.45, 2.75) is 6.92 Å². The number of hydrogen-bond donors (Lipinski definition) is 1. The van der Waals surface area contributed by atoms with Crippen molar-refractivity contribution in [2.24, 2.45) is 0 Å². The molecular weight excluding hydrogens is 258 g/mol. The maximum Gasteiger partial charge on any atom is 0.355 e. The Kier molecular flexibility index (Phi) is 4.55. The van der Waals surface area contributed by atoms with Gasteiger partial charge in [0.1, 0.15) is 11.4 Å². The number of Topliss-reactive ketones (excluding diaryl/α,β-unsaturated/α-hetero) is 1. The highest BCUT2D eigenvalue weighted by molar-refractivity contribution is 5.99. The van der Waals surface area contributed by atoms with E-state index in [4.69, 9.17) is 9.47 Å². The maximum atomic E-state index is 11.9. The second-order valence-corrected chi connectivity index (χ2v) is 4.04. The topological polar surface area (TPSA) is 68.4 Å². The number of aromatic nitrogens is 1. The molecule has 5 heteroatoms. The van der Waals surface area contributed by atoms with Gasteiger partial charge in [-0.1, -0.05) is 0 Å². The summed E-state index contributed by atoms with van der Waals surface area (Å²) in [6, 6.07) is 9.99. The molecule has 0 radical (unpaired) electrons. The van der Waals surface area contributed by atoms with Crippen molar-refractivity contribution in [2.75, 3.05) is 13.2 Å². The fourth-order valence-corrected chi connectivity index (χ4v) is 1.65. The number of ketones is 1. The summed E-state index contributed by atoms with van der Waals surface area (Å²) in [5.74, 6) is -0.102. The van der Waals surface area contributed by atoms with Crippen LogP contribution in [0.15, 0.2) is 42.6 Å². The first-order chi connectivity index (χ1) is 9.70. The van der Waals surface area contributed by atoms with Crippen molar-refractivity contribution in [3.05, 3.63) is 53.9 Å². The average molecular weight is 273 g/mol. The molecule has 0 amide bonds. The van der Waals surface area contributed by atoms with E-state index in [2.05, 4.69) is 4.98 Å². The van der Waals surface area contributed by atoms with Crippen molar-refractivity contribution in [1.82, 2.24) is 4.98 Å². The summed E-state index contributed by atoms with van der Waals surface area (Å²) in [6.07, 6.45) is 1.62. The molecule has 1 aromatic heterocycles. The van der Waals surface area contributed by atoms with Gasteiger partial charge in [-0.05, 0) is 43.3 Å². The maximum absolute atomic E-state index is 11.9. The molecule has 1 N–H and O–H groups in total. The van der Waals surface area contributed by atoms with Crippen LogP contribution in [0.4, 0.5) is 0 Å². The van der Waals surface area contributed by atoms with Crippen LogP contribution in [0.2, 0.25) is 0 Å². The summed E-state index contributed by atoms with van der Waals surface area (Å²) in [7, 11) is 0. The minimum absolute atomic E-state index is 0.257. The van der Waals surface area contributed by atoms with Crippen molar-refractivity contribution in [3.63, 3.8) is 0 Å². The Balaban J connectivity index is 1.90. The zero-order chi connectivity index (χ0) is 14.4. The zero-order valence-corrected chi connectivity index (χ0v) is 11.1. The second-order valence-electron chi connectivity index (χ2n) is 4.04. The fraction of sp³-hybridized carbons (Fsp3) is 0.200. The number of hydrogen-bond acceptors (Lipinski definition) is 4. The average Bonchev–Trinajstić information content (AvgIpc) is 3.00. The number of rotatable bonds is 6. The van der Waals surface area contributed by atoms with E-state index in [1.165, 1.54) is 0 Å². The van der Waals surface area contributed by atoms with E-state index in [9.17, 15) is 9.59 Å². The summed E-state index contributed by atoms with van der Waals surface area (Å²) in [5, 5.41) is 0. The SMILES string of the molecule is CCOc1ccc(C(=O)COC(=O)c2ccc[nH]2)cc1. The number of benzene rings is 1. The highest BCUT2D eigenvalue weighted by Gasteiger charge is 2.12. The van der Waals surface area contributed by atoms with E-state index in [-0.39, 0.29) is 12.4 Å². The molecule has 0 spiro atoms. The zero-order valence-electron chi connectivity index (χ0n) is 11.1. The molecule has 20 heavy (non-hydrogen) atoms. The molecule has 0 bridgehead atoms. The number of H-pyrrole nitrogens is 1. The predicted octanol–water partition coefficient (Wildman–Crippen LogP) is 2.45. The Morgan fingerprint density at radius 2 is 1.90 bits per heavy atom. The molecule has 0 atom stereocenters. The summed E-state index contributed by atoms with van der Waals surface area (Å²) in [5.41, 5.74) is 0.803. The standard InChI is InChI=1S/C15H15NO4/c1-2-19-12-7-5-11(6-8-12)14(17)10-20-15(18)13-4-3-9-16-13/h3-9,16H,2,10H2,1H3. The minimum Gasteiger partial charge on any atom is -0.494 e. The van der Waals surface area contributed by atoms with Crippen LogP contribution in [0.3, 0.4) is 0 Å². The molecule has 0 saturated carbocycles. The molecular formula is C15H15NO4. The van der Waals surface area contributed by atoms with Gasteiger partial charge in [0.15, 0.2) is 12.4 Å². The minimum atomic E-state index is -0.547. The van der Waals surface area contributed by atoms with Gasteiger partial charge in [0, 0.05) is 11.8 Å². The molecule has 0 aliphatic rings. The van der Waals surface area contributed by atoms with Crippen LogP contribution in [0.1, 0.15) is 27.8 Å². The monoisotopic (exact) mass is 273 g/mol. The number of nitrogens with one attached hydrogen (secondary N) is 1. The van der Waals surface area contributed by atoms with Crippen LogP contribution in [-0.2, 0) is 4.74 Å². The van der Waals surface area contributed by atoms with E-state index in [1.807, 2.05) is 6.92 Å². The lowest BCUT2D eigenvalue weighted by molar-refractivity contribution is 0.0469. The smallest absolute Gasteiger partial charge is 0.355 e. The van der Waals surface area contributed by atoms with Crippen LogP contribution in [-0.4, -0.2) is 30.0 Å². The van der Waals surface area contributed by atoms with Gasteiger partial charge in [0.05, 0.1) is 6.61 Å². The molecule has 0 unspecified atom stereocenters. The summed E-state index contributed by atoms with van der Waals surface area (Å²) in [4.78, 5) is 26.1. The van der Waals surface area contributed by atoms with Crippen LogP contribution in [0.5, 0.6) is 5.75 Å². The van der Waals surface area contributed by atoms with Crippen molar-refractivity contribution in [3.8, 4) is 5.75 Å². The first-order valence-corrected chi connectivity index (χ1v) is 6.27. The molecule has 2 aromatic rings. The Hall–Kier alpha value is -2.56. The van der Waals surface area contributed by atoms with E-state index < -0.39 is 5.97 Å². The van der Waals surface area contributed by atoms with Gasteiger partial charge in [0.25, 0.3) is 0 Å². The predicted molar refractivity (Wildman–Crippen MR) is 73.0 cm³/mol. The van der Waals surface area contributed by atoms with Gasteiger partial charge in [-0.2, -0.15) is 0 Å². The number of esters is 1. The van der Waals surface area contributed by atoms with Crippen molar-refractivity contribution < 1.29 is 19.1 Å². The Labute approximate surface area is 116 Å². The van der Waals surface area contributed by atoms with Gasteiger partial charge >= 0.3 is 5.97 Å². The van der Waals surface area contributed by atoms with Crippen LogP contribution in [0, 0.1) is 0 Å². The lowest BCUT2D eigenvalue weighted by Crippen LogP contribution is -2.14. The molecule has 2 rings (SSSR count). The number of ether oxygens (including phenoxy) is 2. The molecule has 0 saturated heterocycles. The summed E-state index contributed by atoms with van der Waals surface area (Å²) >= 11 is 0. The largest absolute Gasteiger partial charge is 0.494 e. The van der Waals surface area contributed by atoms with Crippen molar-refractivity contribution in [1.29, 1.82) is 0 Å². The van der Waals surface area contributed by atoms with E-state index >= 15 is 0 Å². The Bertz CT molecular complexity index is 572. The summed E-state index contributed by atoms with van der Waals surface area (Å²) < 4.78 is 10.2. The summed E-state index contributed by atoms with van der Waals surface area (Å²) in [6.45, 7) is 2.17. The molecule has 0 aliphatic heterocycles. The lowest BCUT2D eigenvalue weighted by Gasteiger charge is -2.05. The van der Waals surface area contributed by atoms with Gasteiger partial charge in [-0.25, -0.2) is 4.79 Å². The Morgan fingerprint density at radius 1 is 1.15 bits per heavy atom. The highest BCUT2D eigenvalue weighted by atomic mass is 16.5. The molecule has 1 heterocycles. The van der Waals surface area contributed by atoms with Crippen molar-refractivity contribution >= 4 is 11.8 Å². The molecule has 0 aliphatic carbocycles. The fourth-order valence-electron chi connectivity index (χ4n) is 1.65. The highest BCUT2D eigenvalue weighted by Crippen LogP contribution is 2.12. The Morgan fingerprint density at radius 3 is 2.50 bits per heavy atom. The number of aromatic amines is 1. The van der Waals surface area contributed by atoms with Crippen LogP contribution >= 0.6 is 0 Å². The first kappa shape index (κ1) is 13.9. The number of carbonyl (C=O) groups excluding carboxylic acids is 2. The quantitative estimate of drug-likeness (QED) is 0.648. The van der Waals surface area contributed by atoms with Crippen LogP contribution < -0.4 is 4.74 Å². The molecule has 0 fully saturated rings. The van der Waals surface area contributed by atoms with Gasteiger partial charge in [0.2, 0.25) is 0 Å². The van der Waals surface area contributed by atoms with E-state index in [1.54, 1.807) is 42.6 Å². The van der Waals surface area contributed by atoms with Gasteiger partial charge < -0.3 is 14.5 Å². The molecule has 5 nitrogen and oxygen atoms in total. The molecule has 1 aromatic carbocycles. The van der Waals surface area contributed by atoms with Gasteiger partial charge in [-0.3, -0.25) is 4.79 Å². The third-order valence-electron chi connectivity index (χ3n) is 2.64. The van der Waals surface area contributed by atoms with E-state index in [0.717, 1.165) is 0 Å². The first-order valence-electron chi connectivity index (χ1n) is 6.27. The number of carbonyl (C=O) groups is 2. The van der Waals surface area contributed by atoms with E-state index in [0.29, 0.717) is 23.6 Å². The third kappa shape index (κ3) is 3.47. The second kappa shape index (κ2) is 6.56. The lowest BCUT2D eigenvalue weighted by atomic mass is 10.1.